The van der Waals surface area contributed by atoms with Crippen molar-refractivity contribution in [1.29, 1.82) is 0 Å². The SMILES string of the molecule is CN1CCCN(c2nc(Cl)cs2)CC1=O. The van der Waals surface area contributed by atoms with Crippen LogP contribution in [0.4, 0.5) is 5.13 Å². The Labute approximate surface area is 97.5 Å². The molecule has 0 unspecified atom stereocenters. The summed E-state index contributed by atoms with van der Waals surface area (Å²) in [6.07, 6.45) is 0.972. The molecule has 2 rings (SSSR count). The Morgan fingerprint density at radius 3 is 3.00 bits per heavy atom. The van der Waals surface area contributed by atoms with E-state index in [0.29, 0.717) is 11.7 Å². The molecule has 15 heavy (non-hydrogen) atoms. The number of rotatable bonds is 1. The lowest BCUT2D eigenvalue weighted by atomic mass is 10.4. The molecule has 0 radical (unpaired) electrons. The van der Waals surface area contributed by atoms with E-state index in [1.165, 1.54) is 11.3 Å². The highest BCUT2D eigenvalue weighted by Crippen LogP contribution is 2.24. The molecule has 6 heteroatoms. The summed E-state index contributed by atoms with van der Waals surface area (Å²) in [5, 5.41) is 3.12. The van der Waals surface area contributed by atoms with Gasteiger partial charge in [0.2, 0.25) is 5.91 Å². The minimum absolute atomic E-state index is 0.138. The summed E-state index contributed by atoms with van der Waals surface area (Å²) in [6.45, 7) is 2.08. The first-order valence-corrected chi connectivity index (χ1v) is 6.02. The Morgan fingerprint density at radius 1 is 1.53 bits per heavy atom. The van der Waals surface area contributed by atoms with Gasteiger partial charge < -0.3 is 9.80 Å². The molecule has 1 amide bonds. The number of amides is 1. The first kappa shape index (κ1) is 10.7. The van der Waals surface area contributed by atoms with E-state index < -0.39 is 0 Å². The van der Waals surface area contributed by atoms with Gasteiger partial charge in [-0.25, -0.2) is 4.98 Å². The van der Waals surface area contributed by atoms with Gasteiger partial charge in [0, 0.05) is 25.5 Å². The van der Waals surface area contributed by atoms with Crippen molar-refractivity contribution >= 4 is 34.0 Å². The van der Waals surface area contributed by atoms with Crippen LogP contribution in [0.25, 0.3) is 0 Å². The van der Waals surface area contributed by atoms with Crippen LogP contribution in [0.5, 0.6) is 0 Å². The number of likely N-dealkylation sites (N-methyl/N-ethyl adjacent to an activating group) is 1. The van der Waals surface area contributed by atoms with E-state index in [1.807, 2.05) is 11.9 Å². The first-order chi connectivity index (χ1) is 7.16. The Morgan fingerprint density at radius 2 is 2.33 bits per heavy atom. The molecule has 0 spiro atoms. The van der Waals surface area contributed by atoms with Crippen molar-refractivity contribution in [2.75, 3.05) is 31.6 Å². The zero-order chi connectivity index (χ0) is 10.8. The summed E-state index contributed by atoms with van der Waals surface area (Å²) in [7, 11) is 1.83. The van der Waals surface area contributed by atoms with E-state index in [4.69, 9.17) is 11.6 Å². The van der Waals surface area contributed by atoms with Crippen LogP contribution in [-0.2, 0) is 4.79 Å². The van der Waals surface area contributed by atoms with Gasteiger partial charge in [-0.15, -0.1) is 11.3 Å². The van der Waals surface area contributed by atoms with Gasteiger partial charge in [0.15, 0.2) is 5.13 Å². The van der Waals surface area contributed by atoms with Gasteiger partial charge in [0.1, 0.15) is 5.15 Å². The molecule has 1 aromatic rings. The maximum atomic E-state index is 11.6. The Bertz CT molecular complexity index is 368. The molecule has 1 saturated heterocycles. The van der Waals surface area contributed by atoms with Crippen molar-refractivity contribution < 1.29 is 4.79 Å². The molecule has 1 aliphatic rings. The van der Waals surface area contributed by atoms with Crippen molar-refractivity contribution in [3.05, 3.63) is 10.5 Å². The number of carbonyl (C=O) groups is 1. The second-order valence-corrected chi connectivity index (χ2v) is 4.77. The largest absolute Gasteiger partial charge is 0.344 e. The van der Waals surface area contributed by atoms with Crippen LogP contribution in [0.1, 0.15) is 6.42 Å². The van der Waals surface area contributed by atoms with E-state index >= 15 is 0 Å². The number of anilines is 1. The number of nitrogens with zero attached hydrogens (tertiary/aromatic N) is 3. The smallest absolute Gasteiger partial charge is 0.241 e. The van der Waals surface area contributed by atoms with Gasteiger partial charge >= 0.3 is 0 Å². The van der Waals surface area contributed by atoms with Gasteiger partial charge in [0.25, 0.3) is 0 Å². The van der Waals surface area contributed by atoms with Crippen LogP contribution in [0.15, 0.2) is 5.38 Å². The molecule has 0 N–H and O–H groups in total. The molecule has 82 valence electrons. The fourth-order valence-electron chi connectivity index (χ4n) is 1.54. The molecular formula is C9H12ClN3OS. The molecule has 1 fully saturated rings. The molecule has 1 aromatic heterocycles. The van der Waals surface area contributed by atoms with E-state index in [1.54, 1.807) is 10.3 Å². The predicted octanol–water partition coefficient (Wildman–Crippen LogP) is 1.46. The van der Waals surface area contributed by atoms with E-state index in [0.717, 1.165) is 24.6 Å². The van der Waals surface area contributed by atoms with Gasteiger partial charge in [-0.05, 0) is 6.42 Å². The molecule has 4 nitrogen and oxygen atoms in total. The number of aromatic nitrogens is 1. The summed E-state index contributed by atoms with van der Waals surface area (Å²) in [6, 6.07) is 0. The fraction of sp³-hybridized carbons (Fsp3) is 0.556. The van der Waals surface area contributed by atoms with Crippen LogP contribution in [0, 0.1) is 0 Å². The Kier molecular flexibility index (Phi) is 3.11. The van der Waals surface area contributed by atoms with E-state index in [2.05, 4.69) is 4.98 Å². The Hall–Kier alpha value is -0.810. The molecule has 0 aromatic carbocycles. The predicted molar refractivity (Wildman–Crippen MR) is 61.6 cm³/mol. The Balaban J connectivity index is 2.13. The van der Waals surface area contributed by atoms with Crippen LogP contribution in [0.2, 0.25) is 5.15 Å². The number of carbonyl (C=O) groups excluding carboxylic acids is 1. The first-order valence-electron chi connectivity index (χ1n) is 4.77. The van der Waals surface area contributed by atoms with Crippen molar-refractivity contribution in [2.24, 2.45) is 0 Å². The van der Waals surface area contributed by atoms with Crippen LogP contribution in [-0.4, -0.2) is 42.5 Å². The highest BCUT2D eigenvalue weighted by molar-refractivity contribution is 7.14. The average molecular weight is 246 g/mol. The van der Waals surface area contributed by atoms with E-state index in [9.17, 15) is 4.79 Å². The summed E-state index contributed by atoms with van der Waals surface area (Å²) >= 11 is 7.24. The monoisotopic (exact) mass is 245 g/mol. The molecule has 0 bridgehead atoms. The third kappa shape index (κ3) is 2.41. The van der Waals surface area contributed by atoms with Crippen molar-refractivity contribution in [3.8, 4) is 0 Å². The maximum Gasteiger partial charge on any atom is 0.241 e. The summed E-state index contributed by atoms with van der Waals surface area (Å²) in [5.74, 6) is 0.138. The third-order valence-corrected chi connectivity index (χ3v) is 3.63. The zero-order valence-corrected chi connectivity index (χ0v) is 10.0. The summed E-state index contributed by atoms with van der Waals surface area (Å²) in [4.78, 5) is 19.6. The van der Waals surface area contributed by atoms with Crippen molar-refractivity contribution in [3.63, 3.8) is 0 Å². The van der Waals surface area contributed by atoms with Crippen molar-refractivity contribution in [1.82, 2.24) is 9.88 Å². The highest BCUT2D eigenvalue weighted by atomic mass is 35.5. The lowest BCUT2D eigenvalue weighted by molar-refractivity contribution is -0.127. The lowest BCUT2D eigenvalue weighted by Gasteiger charge is -2.18. The topological polar surface area (TPSA) is 36.4 Å². The minimum atomic E-state index is 0.138. The standard InChI is InChI=1S/C9H12ClN3OS/c1-12-3-2-4-13(5-8(12)14)9-11-7(10)6-15-9/h6H,2-5H2,1H3. The third-order valence-electron chi connectivity index (χ3n) is 2.41. The van der Waals surface area contributed by atoms with Crippen LogP contribution >= 0.6 is 22.9 Å². The quantitative estimate of drug-likeness (QED) is 0.752. The molecule has 2 heterocycles. The lowest BCUT2D eigenvalue weighted by Crippen LogP contribution is -2.34. The van der Waals surface area contributed by atoms with Crippen LogP contribution in [0.3, 0.4) is 0 Å². The molecule has 0 aliphatic carbocycles. The number of hydrogen-bond acceptors (Lipinski definition) is 4. The molecule has 0 saturated carbocycles. The summed E-state index contributed by atoms with van der Waals surface area (Å²) < 4.78 is 0. The number of halogens is 1. The second kappa shape index (κ2) is 4.37. The zero-order valence-electron chi connectivity index (χ0n) is 8.44. The van der Waals surface area contributed by atoms with Gasteiger partial charge in [0.05, 0.1) is 6.54 Å². The molecule has 0 atom stereocenters. The van der Waals surface area contributed by atoms with E-state index in [-0.39, 0.29) is 5.91 Å². The molecule has 1 aliphatic heterocycles. The fourth-order valence-corrected chi connectivity index (χ4v) is 2.52. The van der Waals surface area contributed by atoms with Crippen molar-refractivity contribution in [2.45, 2.75) is 6.42 Å². The molecular weight excluding hydrogens is 234 g/mol. The number of hydrogen-bond donors (Lipinski definition) is 0. The van der Waals surface area contributed by atoms with Gasteiger partial charge in [-0.3, -0.25) is 4.79 Å². The average Bonchev–Trinajstić information content (AvgIpc) is 2.55. The highest BCUT2D eigenvalue weighted by Gasteiger charge is 2.20. The summed E-state index contributed by atoms with van der Waals surface area (Å²) in [5.41, 5.74) is 0. The number of thiazole rings is 1. The van der Waals surface area contributed by atoms with Gasteiger partial charge in [-0.2, -0.15) is 0 Å². The minimum Gasteiger partial charge on any atom is -0.344 e. The second-order valence-electron chi connectivity index (χ2n) is 3.54. The van der Waals surface area contributed by atoms with Crippen LogP contribution < -0.4 is 4.90 Å². The van der Waals surface area contributed by atoms with Gasteiger partial charge in [-0.1, -0.05) is 11.6 Å². The normalized spacial score (nSPS) is 18.1. The maximum absolute atomic E-state index is 11.6.